The lowest BCUT2D eigenvalue weighted by atomic mass is 9.95. The smallest absolute Gasteiger partial charge is 0.337 e. The Bertz CT molecular complexity index is 1700. The summed E-state index contributed by atoms with van der Waals surface area (Å²) in [6.45, 7) is -0.112. The van der Waals surface area contributed by atoms with Gasteiger partial charge in [-0.15, -0.1) is 0 Å². The summed E-state index contributed by atoms with van der Waals surface area (Å²) in [6.07, 6.45) is 4.93. The molecule has 4 aromatic rings. The predicted molar refractivity (Wildman–Crippen MR) is 161 cm³/mol. The van der Waals surface area contributed by atoms with Crippen molar-refractivity contribution >= 4 is 34.6 Å². The molecular formula is C32H33N7O4. The van der Waals surface area contributed by atoms with Crippen molar-refractivity contribution in [1.29, 1.82) is 5.26 Å². The minimum atomic E-state index is -0.626. The van der Waals surface area contributed by atoms with Gasteiger partial charge in [-0.1, -0.05) is 55.7 Å². The summed E-state index contributed by atoms with van der Waals surface area (Å²) in [4.78, 5) is 48.3. The van der Waals surface area contributed by atoms with E-state index >= 15 is 0 Å². The van der Waals surface area contributed by atoms with E-state index in [9.17, 15) is 19.6 Å². The lowest BCUT2D eigenvalue weighted by Gasteiger charge is -2.28. The molecular weight excluding hydrogens is 546 g/mol. The van der Waals surface area contributed by atoms with E-state index in [-0.39, 0.29) is 30.9 Å². The fourth-order valence-corrected chi connectivity index (χ4v) is 5.70. The molecule has 0 atom stereocenters. The molecule has 3 N–H and O–H groups in total. The van der Waals surface area contributed by atoms with Crippen molar-refractivity contribution in [2.75, 3.05) is 26.0 Å². The first-order valence-corrected chi connectivity index (χ1v) is 14.2. The number of hydrogen-bond donors (Lipinski definition) is 2. The van der Waals surface area contributed by atoms with Gasteiger partial charge in [0.1, 0.15) is 29.8 Å². The average Bonchev–Trinajstić information content (AvgIpc) is 3.43. The third kappa shape index (κ3) is 6.18. The maximum atomic E-state index is 14.2. The highest BCUT2D eigenvalue weighted by atomic mass is 16.5. The Morgan fingerprint density at radius 1 is 1.05 bits per heavy atom. The molecule has 1 saturated carbocycles. The van der Waals surface area contributed by atoms with Crippen LogP contribution in [0.1, 0.15) is 70.4 Å². The Morgan fingerprint density at radius 2 is 1.70 bits per heavy atom. The predicted octanol–water partition coefficient (Wildman–Crippen LogP) is 4.43. The lowest BCUT2D eigenvalue weighted by molar-refractivity contribution is -0.118. The van der Waals surface area contributed by atoms with Crippen LogP contribution < -0.4 is 11.1 Å². The molecule has 220 valence electrons. The number of aromatic nitrogens is 3. The highest BCUT2D eigenvalue weighted by Gasteiger charge is 2.29. The number of esters is 1. The molecule has 43 heavy (non-hydrogen) atoms. The van der Waals surface area contributed by atoms with E-state index in [1.54, 1.807) is 25.2 Å². The molecule has 1 aliphatic rings. The Kier molecular flexibility index (Phi) is 8.66. The van der Waals surface area contributed by atoms with Crippen molar-refractivity contribution in [1.82, 2.24) is 19.4 Å². The van der Waals surface area contributed by atoms with Gasteiger partial charge in [0, 0.05) is 19.6 Å². The minimum Gasteiger partial charge on any atom is -0.465 e. The number of benzene rings is 2. The number of carbonyl (C=O) groups excluding carboxylic acids is 3. The van der Waals surface area contributed by atoms with Gasteiger partial charge in [-0.25, -0.2) is 14.8 Å². The molecule has 2 aromatic carbocycles. The highest BCUT2D eigenvalue weighted by Crippen LogP contribution is 2.35. The van der Waals surface area contributed by atoms with Crippen LogP contribution in [0.2, 0.25) is 0 Å². The lowest BCUT2D eigenvalue weighted by Crippen LogP contribution is -2.39. The maximum Gasteiger partial charge on any atom is 0.337 e. The molecule has 0 saturated heterocycles. The van der Waals surface area contributed by atoms with Gasteiger partial charge in [0.25, 0.3) is 5.91 Å². The van der Waals surface area contributed by atoms with Gasteiger partial charge in [-0.2, -0.15) is 5.26 Å². The van der Waals surface area contributed by atoms with Gasteiger partial charge in [0.2, 0.25) is 11.7 Å². The van der Waals surface area contributed by atoms with E-state index in [1.165, 1.54) is 12.0 Å². The summed E-state index contributed by atoms with van der Waals surface area (Å²) in [5, 5.41) is 13.2. The molecule has 2 aromatic heterocycles. The molecule has 11 heteroatoms. The van der Waals surface area contributed by atoms with Crippen molar-refractivity contribution in [3.8, 4) is 17.2 Å². The van der Waals surface area contributed by atoms with E-state index in [2.05, 4.69) is 15.3 Å². The molecule has 2 amide bonds. The van der Waals surface area contributed by atoms with Crippen LogP contribution in [0.3, 0.4) is 0 Å². The van der Waals surface area contributed by atoms with Gasteiger partial charge in [0.05, 0.1) is 18.1 Å². The second-order valence-corrected chi connectivity index (χ2v) is 10.6. The zero-order valence-corrected chi connectivity index (χ0v) is 24.2. The number of nitriles is 1. The molecule has 0 radical (unpaired) electrons. The van der Waals surface area contributed by atoms with Crippen LogP contribution in [0.4, 0.5) is 5.82 Å². The van der Waals surface area contributed by atoms with Gasteiger partial charge in [-0.3, -0.25) is 9.59 Å². The maximum absolute atomic E-state index is 14.2. The molecule has 2 heterocycles. The number of nitrogens with two attached hydrogens (primary N) is 1. The Morgan fingerprint density at radius 3 is 2.28 bits per heavy atom. The first-order valence-electron chi connectivity index (χ1n) is 14.2. The van der Waals surface area contributed by atoms with E-state index in [1.807, 2.05) is 47.0 Å². The number of anilines is 1. The van der Waals surface area contributed by atoms with Crippen LogP contribution in [0.25, 0.3) is 22.2 Å². The van der Waals surface area contributed by atoms with Crippen LogP contribution in [0.15, 0.2) is 54.6 Å². The SMILES string of the molecule is CNc1nc(C#N)nc2c1cc(C(=O)N(CC(N)=O)Cc1ccc(-c3ccc(C(=O)OC)cc3)cc1)n2C1CCCCC1. The zero-order valence-electron chi connectivity index (χ0n) is 24.2. The molecule has 0 bridgehead atoms. The molecule has 5 rings (SSSR count). The minimum absolute atomic E-state index is 0.0139. The number of nitrogens with one attached hydrogen (secondary N) is 1. The van der Waals surface area contributed by atoms with Crippen molar-refractivity contribution in [3.63, 3.8) is 0 Å². The van der Waals surface area contributed by atoms with Gasteiger partial charge < -0.3 is 25.3 Å². The number of rotatable bonds is 9. The largest absolute Gasteiger partial charge is 0.465 e. The van der Waals surface area contributed by atoms with Crippen LogP contribution in [-0.2, 0) is 16.1 Å². The topological polar surface area (TPSA) is 156 Å². The number of nitrogens with zero attached hydrogens (tertiary/aromatic N) is 5. The first kappa shape index (κ1) is 29.3. The van der Waals surface area contributed by atoms with Crippen molar-refractivity contribution in [3.05, 3.63) is 77.2 Å². The first-order chi connectivity index (χ1) is 20.8. The molecule has 0 aliphatic heterocycles. The van der Waals surface area contributed by atoms with Crippen LogP contribution in [-0.4, -0.2) is 57.9 Å². The van der Waals surface area contributed by atoms with Crippen LogP contribution >= 0.6 is 0 Å². The Hall–Kier alpha value is -5.24. The van der Waals surface area contributed by atoms with E-state index in [0.717, 1.165) is 48.8 Å². The van der Waals surface area contributed by atoms with Crippen molar-refractivity contribution in [2.24, 2.45) is 5.73 Å². The number of primary amides is 1. The van der Waals surface area contributed by atoms with Gasteiger partial charge in [-0.05, 0) is 47.7 Å². The van der Waals surface area contributed by atoms with E-state index in [0.29, 0.717) is 28.1 Å². The second kappa shape index (κ2) is 12.7. The van der Waals surface area contributed by atoms with E-state index < -0.39 is 11.9 Å². The summed E-state index contributed by atoms with van der Waals surface area (Å²) < 4.78 is 6.69. The fourth-order valence-electron chi connectivity index (χ4n) is 5.70. The Balaban J connectivity index is 1.48. The summed E-state index contributed by atoms with van der Waals surface area (Å²) in [5.41, 5.74) is 9.63. The van der Waals surface area contributed by atoms with E-state index in [4.69, 9.17) is 10.5 Å². The third-order valence-corrected chi connectivity index (χ3v) is 7.79. The number of ether oxygens (including phenoxy) is 1. The fraction of sp³-hybridized carbons (Fsp3) is 0.312. The quantitative estimate of drug-likeness (QED) is 0.276. The Labute approximate surface area is 249 Å². The molecule has 0 unspecified atom stereocenters. The standard InChI is InChI=1S/C32H33N7O4/c1-35-29-25-16-26(39(24-6-4-3-5-7-24)30(25)37-28(17-33)36-29)31(41)38(19-27(34)40)18-20-8-10-21(11-9-20)22-12-14-23(15-13-22)32(42)43-2/h8-16,24H,3-7,18-19H2,1-2H3,(H2,34,40)(H,35,36,37). The number of methoxy groups -OCH3 is 1. The van der Waals surface area contributed by atoms with Crippen molar-refractivity contribution in [2.45, 2.75) is 44.7 Å². The number of fused-ring (bicyclic) bond motifs is 1. The normalized spacial score (nSPS) is 13.3. The summed E-state index contributed by atoms with van der Waals surface area (Å²) in [6, 6.07) is 18.5. The summed E-state index contributed by atoms with van der Waals surface area (Å²) in [5.74, 6) is -0.908. The van der Waals surface area contributed by atoms with Crippen LogP contribution in [0, 0.1) is 11.3 Å². The average molecular weight is 580 g/mol. The molecule has 11 nitrogen and oxygen atoms in total. The van der Waals surface area contributed by atoms with Gasteiger partial charge >= 0.3 is 5.97 Å². The molecule has 0 spiro atoms. The highest BCUT2D eigenvalue weighted by molar-refractivity contribution is 6.02. The van der Waals surface area contributed by atoms with Crippen LogP contribution in [0.5, 0.6) is 0 Å². The number of amides is 2. The monoisotopic (exact) mass is 579 g/mol. The van der Waals surface area contributed by atoms with Crippen molar-refractivity contribution < 1.29 is 19.1 Å². The number of carbonyl (C=O) groups is 3. The third-order valence-electron chi connectivity index (χ3n) is 7.79. The zero-order chi connectivity index (χ0) is 30.5. The molecule has 1 aliphatic carbocycles. The summed E-state index contributed by atoms with van der Waals surface area (Å²) >= 11 is 0. The second-order valence-electron chi connectivity index (χ2n) is 10.6. The summed E-state index contributed by atoms with van der Waals surface area (Å²) in [7, 11) is 3.05. The number of hydrogen-bond acceptors (Lipinski definition) is 8. The van der Waals surface area contributed by atoms with Gasteiger partial charge in [0.15, 0.2) is 0 Å². The molecule has 1 fully saturated rings.